The number of carbonyl (C=O) groups excluding carboxylic acids is 1. The van der Waals surface area contributed by atoms with Crippen molar-refractivity contribution in [2.24, 2.45) is 0 Å². The molecule has 8 heteroatoms. The maximum Gasteiger partial charge on any atom is 0.410 e. The van der Waals surface area contributed by atoms with Gasteiger partial charge in [0.2, 0.25) is 0 Å². The smallest absolute Gasteiger partial charge is 0.410 e. The summed E-state index contributed by atoms with van der Waals surface area (Å²) in [5, 5.41) is -0.0543. The van der Waals surface area contributed by atoms with Gasteiger partial charge in [0.15, 0.2) is 9.84 Å². The van der Waals surface area contributed by atoms with Gasteiger partial charge in [-0.3, -0.25) is 4.21 Å². The van der Waals surface area contributed by atoms with E-state index in [4.69, 9.17) is 4.74 Å². The van der Waals surface area contributed by atoms with Crippen LogP contribution in [0.25, 0.3) is 0 Å². The van der Waals surface area contributed by atoms with Gasteiger partial charge in [0.05, 0.1) is 10.6 Å². The van der Waals surface area contributed by atoms with Crippen LogP contribution < -0.4 is 0 Å². The fourth-order valence-electron chi connectivity index (χ4n) is 2.88. The minimum absolute atomic E-state index is 0.0543. The average molecular weight is 402 g/mol. The summed E-state index contributed by atoms with van der Waals surface area (Å²) in [5.41, 5.74) is 0.0504. The summed E-state index contributed by atoms with van der Waals surface area (Å²) in [7, 11) is -4.54. The fourth-order valence-corrected chi connectivity index (χ4v) is 5.45. The first-order valence-electron chi connectivity index (χ1n) is 8.60. The minimum Gasteiger partial charge on any atom is -0.444 e. The summed E-state index contributed by atoms with van der Waals surface area (Å²) in [5.74, 6) is 0.209. The van der Waals surface area contributed by atoms with E-state index in [-0.39, 0.29) is 22.0 Å². The van der Waals surface area contributed by atoms with E-state index in [9.17, 15) is 17.4 Å². The SMILES string of the molecule is CC(C)(C)OC(=O)N1CCC(S(=O)Cc2ccccc2S(C)(=O)=O)CC1. The highest BCUT2D eigenvalue weighted by Crippen LogP contribution is 2.23. The standard InChI is InChI=1S/C18H27NO5S2/c1-18(2,3)24-17(20)19-11-9-15(10-12-19)25(21)13-14-7-5-6-8-16(14)26(4,22)23/h5-8,15H,9-13H2,1-4H3. The van der Waals surface area contributed by atoms with Crippen LogP contribution in [0.1, 0.15) is 39.2 Å². The van der Waals surface area contributed by atoms with E-state index in [1.807, 2.05) is 20.8 Å². The van der Waals surface area contributed by atoms with Gasteiger partial charge in [-0.15, -0.1) is 0 Å². The molecular weight excluding hydrogens is 374 g/mol. The van der Waals surface area contributed by atoms with Crippen molar-refractivity contribution in [2.75, 3.05) is 19.3 Å². The Labute approximate surface area is 158 Å². The van der Waals surface area contributed by atoms with Gasteiger partial charge in [0.25, 0.3) is 0 Å². The monoisotopic (exact) mass is 401 g/mol. The van der Waals surface area contributed by atoms with Crippen LogP contribution in [0.2, 0.25) is 0 Å². The first kappa shape index (κ1) is 20.9. The molecule has 0 N–H and O–H groups in total. The topological polar surface area (TPSA) is 80.8 Å². The van der Waals surface area contributed by atoms with E-state index >= 15 is 0 Å². The summed E-state index contributed by atoms with van der Waals surface area (Å²) in [6.45, 7) is 6.47. The van der Waals surface area contributed by atoms with Crippen LogP contribution in [-0.4, -0.2) is 53.8 Å². The predicted octanol–water partition coefficient (Wildman–Crippen LogP) is 2.74. The number of rotatable bonds is 4. The summed E-state index contributed by atoms with van der Waals surface area (Å²) in [6.07, 6.45) is 2.05. The number of carbonyl (C=O) groups is 1. The number of hydrogen-bond acceptors (Lipinski definition) is 5. The van der Waals surface area contributed by atoms with Crippen molar-refractivity contribution >= 4 is 26.7 Å². The van der Waals surface area contributed by atoms with Crippen LogP contribution in [0.5, 0.6) is 0 Å². The fraction of sp³-hybridized carbons (Fsp3) is 0.611. The molecule has 1 atom stereocenters. The quantitative estimate of drug-likeness (QED) is 0.775. The Morgan fingerprint density at radius 3 is 2.35 bits per heavy atom. The molecule has 1 aliphatic rings. The lowest BCUT2D eigenvalue weighted by atomic mass is 10.1. The van der Waals surface area contributed by atoms with Crippen molar-refractivity contribution in [3.05, 3.63) is 29.8 Å². The van der Waals surface area contributed by atoms with Crippen LogP contribution in [0.4, 0.5) is 4.79 Å². The number of piperidine rings is 1. The molecule has 1 unspecified atom stereocenters. The van der Waals surface area contributed by atoms with Gasteiger partial charge in [0.1, 0.15) is 5.60 Å². The van der Waals surface area contributed by atoms with E-state index in [0.29, 0.717) is 31.5 Å². The number of hydrogen-bond donors (Lipinski definition) is 0. The second-order valence-corrected chi connectivity index (χ2v) is 11.3. The molecule has 0 bridgehead atoms. The van der Waals surface area contributed by atoms with Crippen LogP contribution in [0.3, 0.4) is 0 Å². The molecule has 0 aromatic heterocycles. The Bertz CT molecular complexity index is 775. The lowest BCUT2D eigenvalue weighted by Gasteiger charge is -2.33. The number of sulfone groups is 1. The van der Waals surface area contributed by atoms with Gasteiger partial charge in [-0.05, 0) is 45.2 Å². The lowest BCUT2D eigenvalue weighted by molar-refractivity contribution is 0.0218. The molecule has 1 aromatic carbocycles. The van der Waals surface area contributed by atoms with E-state index < -0.39 is 26.2 Å². The molecule has 2 rings (SSSR count). The zero-order chi connectivity index (χ0) is 19.5. The Morgan fingerprint density at radius 1 is 1.23 bits per heavy atom. The predicted molar refractivity (Wildman–Crippen MR) is 102 cm³/mol. The summed E-state index contributed by atoms with van der Waals surface area (Å²) in [6, 6.07) is 6.69. The highest BCUT2D eigenvalue weighted by Gasteiger charge is 2.29. The third-order valence-electron chi connectivity index (χ3n) is 4.14. The number of nitrogens with zero attached hydrogens (tertiary/aromatic N) is 1. The van der Waals surface area contributed by atoms with Gasteiger partial charge in [-0.2, -0.15) is 0 Å². The van der Waals surface area contributed by atoms with Gasteiger partial charge < -0.3 is 9.64 Å². The second kappa shape index (κ2) is 8.08. The molecule has 1 amide bonds. The Hall–Kier alpha value is -1.41. The molecule has 1 saturated heterocycles. The van der Waals surface area contributed by atoms with Crippen LogP contribution in [-0.2, 0) is 31.1 Å². The lowest BCUT2D eigenvalue weighted by Crippen LogP contribution is -2.43. The Morgan fingerprint density at radius 2 is 1.81 bits per heavy atom. The van der Waals surface area contributed by atoms with Gasteiger partial charge in [0, 0.05) is 35.4 Å². The highest BCUT2D eigenvalue weighted by molar-refractivity contribution is 7.90. The maximum absolute atomic E-state index is 12.7. The summed E-state index contributed by atoms with van der Waals surface area (Å²) in [4.78, 5) is 14.0. The molecule has 6 nitrogen and oxygen atoms in total. The molecule has 0 spiro atoms. The first-order valence-corrected chi connectivity index (χ1v) is 11.9. The molecule has 0 aliphatic carbocycles. The molecule has 0 radical (unpaired) electrons. The number of amides is 1. The molecule has 1 heterocycles. The van der Waals surface area contributed by atoms with Gasteiger partial charge in [-0.1, -0.05) is 18.2 Å². The third kappa shape index (κ3) is 5.81. The maximum atomic E-state index is 12.7. The van der Waals surface area contributed by atoms with Crippen LogP contribution in [0, 0.1) is 0 Å². The largest absolute Gasteiger partial charge is 0.444 e. The van der Waals surface area contributed by atoms with Crippen molar-refractivity contribution < 1.29 is 22.2 Å². The van der Waals surface area contributed by atoms with Crippen molar-refractivity contribution in [3.63, 3.8) is 0 Å². The Kier molecular flexibility index (Phi) is 6.50. The molecule has 0 saturated carbocycles. The van der Waals surface area contributed by atoms with Crippen molar-refractivity contribution in [2.45, 2.75) is 55.1 Å². The zero-order valence-corrected chi connectivity index (χ0v) is 17.4. The third-order valence-corrected chi connectivity index (χ3v) is 7.14. The molecule has 26 heavy (non-hydrogen) atoms. The van der Waals surface area contributed by atoms with Crippen LogP contribution >= 0.6 is 0 Å². The van der Waals surface area contributed by atoms with Gasteiger partial charge >= 0.3 is 6.09 Å². The van der Waals surface area contributed by atoms with Gasteiger partial charge in [-0.25, -0.2) is 13.2 Å². The first-order chi connectivity index (χ1) is 12.0. The molecular formula is C18H27NO5S2. The summed E-state index contributed by atoms with van der Waals surface area (Å²) >= 11 is 0. The molecule has 1 aliphatic heterocycles. The normalized spacial score (nSPS) is 17.8. The number of ether oxygens (including phenoxy) is 1. The van der Waals surface area contributed by atoms with Crippen molar-refractivity contribution in [3.8, 4) is 0 Å². The van der Waals surface area contributed by atoms with Crippen molar-refractivity contribution in [1.82, 2.24) is 4.90 Å². The molecule has 1 fully saturated rings. The highest BCUT2D eigenvalue weighted by atomic mass is 32.2. The minimum atomic E-state index is -3.35. The van der Waals surface area contributed by atoms with Crippen molar-refractivity contribution in [1.29, 1.82) is 0 Å². The summed E-state index contributed by atoms with van der Waals surface area (Å²) < 4.78 is 41.9. The second-order valence-electron chi connectivity index (χ2n) is 7.57. The van der Waals surface area contributed by atoms with E-state index in [1.165, 1.54) is 0 Å². The van der Waals surface area contributed by atoms with E-state index in [2.05, 4.69) is 0 Å². The molecule has 1 aromatic rings. The average Bonchev–Trinajstić information content (AvgIpc) is 2.53. The molecule has 146 valence electrons. The zero-order valence-electron chi connectivity index (χ0n) is 15.7. The Balaban J connectivity index is 1.97. The van der Waals surface area contributed by atoms with E-state index in [0.717, 1.165) is 6.26 Å². The van der Waals surface area contributed by atoms with Crippen LogP contribution in [0.15, 0.2) is 29.2 Å². The van der Waals surface area contributed by atoms with E-state index in [1.54, 1.807) is 29.2 Å². The number of likely N-dealkylation sites (tertiary alicyclic amines) is 1. The number of benzene rings is 1.